The summed E-state index contributed by atoms with van der Waals surface area (Å²) in [5, 5.41) is 6.56. The number of nitrogens with one attached hydrogen (secondary N) is 1. The number of fused-ring (bicyclic) bond motifs is 1. The van der Waals surface area contributed by atoms with Gasteiger partial charge in [0.05, 0.1) is 11.9 Å². The van der Waals surface area contributed by atoms with Crippen molar-refractivity contribution in [3.05, 3.63) is 41.3 Å². The fourth-order valence-corrected chi connectivity index (χ4v) is 2.23. The van der Waals surface area contributed by atoms with Crippen LogP contribution in [0.1, 0.15) is 0 Å². The minimum absolute atomic E-state index is 0.0599. The van der Waals surface area contributed by atoms with E-state index in [0.717, 1.165) is 17.5 Å². The highest BCUT2D eigenvalue weighted by Crippen LogP contribution is 2.27. The van der Waals surface area contributed by atoms with Crippen LogP contribution in [0.3, 0.4) is 0 Å². The van der Waals surface area contributed by atoms with Crippen molar-refractivity contribution in [2.24, 2.45) is 0 Å². The van der Waals surface area contributed by atoms with Crippen molar-refractivity contribution in [3.63, 3.8) is 0 Å². The van der Waals surface area contributed by atoms with Crippen LogP contribution in [-0.4, -0.2) is 34.5 Å². The number of rotatable bonds is 3. The molecule has 0 aliphatic heterocycles. The van der Waals surface area contributed by atoms with Crippen LogP contribution >= 0.6 is 0 Å². The molecule has 0 aliphatic carbocycles. The third-order valence-electron chi connectivity index (χ3n) is 2.54. The zero-order valence-electron chi connectivity index (χ0n) is 9.98. The molecule has 0 fully saturated rings. The van der Waals surface area contributed by atoms with E-state index in [4.69, 9.17) is 0 Å². The minimum atomic E-state index is -3.50. The van der Waals surface area contributed by atoms with Gasteiger partial charge in [-0.05, 0) is 0 Å². The molecule has 0 radical (unpaired) electrons. The average molecular weight is 276 g/mol. The summed E-state index contributed by atoms with van der Waals surface area (Å²) in [7, 11) is -3.50. The molecule has 3 rings (SSSR count). The van der Waals surface area contributed by atoms with E-state index in [1.165, 1.54) is 0 Å². The number of H-pyrrole nitrogens is 1. The summed E-state index contributed by atoms with van der Waals surface area (Å²) in [4.78, 5) is 4.15. The fraction of sp³-hybridized carbons (Fsp3) is 0.0909. The van der Waals surface area contributed by atoms with Crippen molar-refractivity contribution < 1.29 is 8.42 Å². The van der Waals surface area contributed by atoms with Gasteiger partial charge in [0.15, 0.2) is 15.7 Å². The number of aromatic amines is 1. The van der Waals surface area contributed by atoms with Gasteiger partial charge < -0.3 is 15.0 Å². The summed E-state index contributed by atoms with van der Waals surface area (Å²) in [6.45, 7) is 0. The molecule has 7 nitrogen and oxygen atoms in total. The fourth-order valence-electron chi connectivity index (χ4n) is 1.79. The van der Waals surface area contributed by atoms with Crippen LogP contribution in [0.2, 0.25) is 0 Å². The Kier molecular flexibility index (Phi) is 2.53. The molecular weight excluding hydrogens is 266 g/mol. The van der Waals surface area contributed by atoms with Crippen LogP contribution in [-0.2, 0) is 10.0 Å². The Morgan fingerprint density at radius 2 is 2.00 bits per heavy atom. The lowest BCUT2D eigenvalue weighted by molar-refractivity contribution is 0.608. The highest BCUT2D eigenvalue weighted by atomic mass is 32.2. The lowest BCUT2D eigenvalue weighted by Gasteiger charge is -2.05. The number of imidazole rings is 1. The SMILES string of the molecule is CS(=O)(=O)[N-]c1n[nH]n2c(-c3ccccc3)cnc12. The van der Waals surface area contributed by atoms with Gasteiger partial charge >= 0.3 is 0 Å². The standard InChI is InChI=1S/C11H10N5O2S/c1-19(17,18)14-10-11-12-7-9(16(11)15-13-10)8-5-3-2-4-6-8/h2-7,15H,1H3/q-1. The number of aromatic nitrogens is 4. The van der Waals surface area contributed by atoms with Gasteiger partial charge in [0, 0.05) is 17.6 Å². The van der Waals surface area contributed by atoms with Gasteiger partial charge in [-0.3, -0.25) is 0 Å². The zero-order valence-corrected chi connectivity index (χ0v) is 10.8. The summed E-state index contributed by atoms with van der Waals surface area (Å²) < 4.78 is 27.5. The Labute approximate surface area is 109 Å². The van der Waals surface area contributed by atoms with Crippen molar-refractivity contribution >= 4 is 21.5 Å². The Morgan fingerprint density at radius 1 is 1.26 bits per heavy atom. The van der Waals surface area contributed by atoms with Crippen molar-refractivity contribution in [2.45, 2.75) is 0 Å². The van der Waals surface area contributed by atoms with Crippen molar-refractivity contribution in [3.8, 4) is 11.3 Å². The van der Waals surface area contributed by atoms with Crippen LogP contribution in [0.15, 0.2) is 36.5 Å². The first-order valence-electron chi connectivity index (χ1n) is 5.45. The van der Waals surface area contributed by atoms with E-state index in [9.17, 15) is 8.42 Å². The zero-order chi connectivity index (χ0) is 13.5. The second-order valence-electron chi connectivity index (χ2n) is 4.03. The van der Waals surface area contributed by atoms with E-state index in [0.29, 0.717) is 5.65 Å². The quantitative estimate of drug-likeness (QED) is 0.787. The molecule has 0 aliphatic rings. The van der Waals surface area contributed by atoms with Crippen molar-refractivity contribution in [1.29, 1.82) is 0 Å². The lowest BCUT2D eigenvalue weighted by atomic mass is 10.2. The Balaban J connectivity index is 2.12. The molecule has 0 amide bonds. The molecule has 0 saturated carbocycles. The summed E-state index contributed by atoms with van der Waals surface area (Å²) in [6, 6.07) is 9.59. The maximum absolute atomic E-state index is 11.2. The smallest absolute Gasteiger partial charge is 0.170 e. The van der Waals surface area contributed by atoms with E-state index in [1.807, 2.05) is 30.3 Å². The molecule has 0 bridgehead atoms. The Morgan fingerprint density at radius 3 is 2.68 bits per heavy atom. The van der Waals surface area contributed by atoms with Crippen molar-refractivity contribution in [1.82, 2.24) is 19.8 Å². The van der Waals surface area contributed by atoms with Crippen molar-refractivity contribution in [2.75, 3.05) is 6.26 Å². The van der Waals surface area contributed by atoms with Crippen LogP contribution < -0.4 is 0 Å². The number of hydrogen-bond acceptors (Lipinski definition) is 4. The van der Waals surface area contributed by atoms with Gasteiger partial charge in [-0.1, -0.05) is 30.3 Å². The van der Waals surface area contributed by atoms with Gasteiger partial charge in [0.25, 0.3) is 0 Å². The maximum Gasteiger partial charge on any atom is 0.170 e. The monoisotopic (exact) mass is 276 g/mol. The predicted octanol–water partition coefficient (Wildman–Crippen LogP) is 1.69. The molecule has 8 heteroatoms. The largest absolute Gasteiger partial charge is 0.357 e. The molecule has 1 N–H and O–H groups in total. The molecule has 98 valence electrons. The Hall–Kier alpha value is -2.35. The second kappa shape index (κ2) is 4.09. The molecule has 3 aromatic rings. The summed E-state index contributed by atoms with van der Waals surface area (Å²) >= 11 is 0. The van der Waals surface area contributed by atoms with Gasteiger partial charge in [-0.15, -0.1) is 0 Å². The topological polar surface area (TPSA) is 94.2 Å². The van der Waals surface area contributed by atoms with E-state index < -0.39 is 10.0 Å². The minimum Gasteiger partial charge on any atom is -0.357 e. The average Bonchev–Trinajstić information content (AvgIpc) is 2.92. The number of hydrogen-bond donors (Lipinski definition) is 1. The highest BCUT2D eigenvalue weighted by molar-refractivity contribution is 7.93. The first kappa shape index (κ1) is 11.7. The molecule has 2 heterocycles. The van der Waals surface area contributed by atoms with Crippen LogP contribution in [0.4, 0.5) is 5.82 Å². The summed E-state index contributed by atoms with van der Waals surface area (Å²) in [5.41, 5.74) is 2.12. The molecule has 1 aromatic carbocycles. The normalized spacial score (nSPS) is 11.8. The molecule has 0 spiro atoms. The van der Waals surface area contributed by atoms with Gasteiger partial charge in [0.2, 0.25) is 0 Å². The number of nitrogens with zero attached hydrogens (tertiary/aromatic N) is 4. The molecule has 19 heavy (non-hydrogen) atoms. The predicted molar refractivity (Wildman–Crippen MR) is 70.6 cm³/mol. The van der Waals surface area contributed by atoms with Crippen LogP contribution in [0.25, 0.3) is 21.6 Å². The molecule has 0 atom stereocenters. The highest BCUT2D eigenvalue weighted by Gasteiger charge is 2.09. The van der Waals surface area contributed by atoms with Gasteiger partial charge in [0.1, 0.15) is 0 Å². The molecule has 0 saturated heterocycles. The number of sulfonamides is 1. The van der Waals surface area contributed by atoms with Gasteiger partial charge in [-0.25, -0.2) is 17.9 Å². The van der Waals surface area contributed by atoms with E-state index in [1.54, 1.807) is 10.7 Å². The third-order valence-corrected chi connectivity index (χ3v) is 3.04. The van der Waals surface area contributed by atoms with E-state index in [-0.39, 0.29) is 5.82 Å². The third kappa shape index (κ3) is 2.17. The Bertz CT molecular complexity index is 819. The van der Waals surface area contributed by atoms with Gasteiger partial charge in [-0.2, -0.15) is 0 Å². The first-order chi connectivity index (χ1) is 9.04. The summed E-state index contributed by atoms with van der Waals surface area (Å²) in [5.74, 6) is 0.0599. The maximum atomic E-state index is 11.2. The molecule has 2 aromatic heterocycles. The number of benzene rings is 1. The van der Waals surface area contributed by atoms with E-state index >= 15 is 0 Å². The second-order valence-corrected chi connectivity index (χ2v) is 5.68. The molecular formula is C11H10N5O2S-. The summed E-state index contributed by atoms with van der Waals surface area (Å²) in [6.07, 6.45) is 2.66. The first-order valence-corrected chi connectivity index (χ1v) is 7.30. The lowest BCUT2D eigenvalue weighted by Crippen LogP contribution is -1.90. The van der Waals surface area contributed by atoms with Crippen LogP contribution in [0, 0.1) is 0 Å². The molecule has 0 unspecified atom stereocenters. The van der Waals surface area contributed by atoms with Crippen LogP contribution in [0.5, 0.6) is 0 Å². The van der Waals surface area contributed by atoms with E-state index in [2.05, 4.69) is 20.0 Å².